The molecule has 1 aromatic carbocycles. The van der Waals surface area contributed by atoms with Gasteiger partial charge in [0.25, 0.3) is 5.69 Å². The van der Waals surface area contributed by atoms with Gasteiger partial charge in [-0.2, -0.15) is 0 Å². The largest absolute Gasteiger partial charge is 0.492 e. The Bertz CT molecular complexity index is 363. The van der Waals surface area contributed by atoms with Crippen LogP contribution in [-0.4, -0.2) is 24.6 Å². The summed E-state index contributed by atoms with van der Waals surface area (Å²) in [7, 11) is 0. The van der Waals surface area contributed by atoms with Gasteiger partial charge in [0.1, 0.15) is 12.4 Å². The van der Waals surface area contributed by atoms with Gasteiger partial charge >= 0.3 is 0 Å². The second kappa shape index (κ2) is 7.66. The van der Waals surface area contributed by atoms with E-state index in [0.29, 0.717) is 18.3 Å². The first-order valence-corrected chi connectivity index (χ1v) is 6.17. The van der Waals surface area contributed by atoms with Gasteiger partial charge in [0.2, 0.25) is 0 Å². The first-order chi connectivity index (χ1) is 8.59. The van der Waals surface area contributed by atoms with Gasteiger partial charge < -0.3 is 10.1 Å². The molecule has 0 spiro atoms. The van der Waals surface area contributed by atoms with Gasteiger partial charge in [0.15, 0.2) is 0 Å². The predicted molar refractivity (Wildman–Crippen MR) is 70.9 cm³/mol. The zero-order valence-corrected chi connectivity index (χ0v) is 10.9. The van der Waals surface area contributed by atoms with Crippen LogP contribution in [0.1, 0.15) is 20.3 Å². The molecular weight excluding hydrogens is 232 g/mol. The minimum absolute atomic E-state index is 0.0809. The highest BCUT2D eigenvalue weighted by molar-refractivity contribution is 5.35. The van der Waals surface area contributed by atoms with Crippen LogP contribution in [0.2, 0.25) is 0 Å². The van der Waals surface area contributed by atoms with Crippen LogP contribution in [0.5, 0.6) is 5.75 Å². The molecule has 0 radical (unpaired) electrons. The summed E-state index contributed by atoms with van der Waals surface area (Å²) in [6.07, 6.45) is 1.15. The molecule has 0 aliphatic carbocycles. The smallest absolute Gasteiger partial charge is 0.269 e. The summed E-state index contributed by atoms with van der Waals surface area (Å²) in [5.41, 5.74) is 0.0809. The molecule has 0 saturated carbocycles. The molecule has 5 nitrogen and oxygen atoms in total. The van der Waals surface area contributed by atoms with E-state index in [-0.39, 0.29) is 5.69 Å². The van der Waals surface area contributed by atoms with Gasteiger partial charge in [-0.25, -0.2) is 0 Å². The van der Waals surface area contributed by atoms with Crippen LogP contribution in [0, 0.1) is 16.0 Å². The molecule has 0 amide bonds. The maximum atomic E-state index is 10.5. The number of nitro groups is 1. The molecule has 0 atom stereocenters. The lowest BCUT2D eigenvalue weighted by atomic mass is 10.1. The highest BCUT2D eigenvalue weighted by Gasteiger charge is 2.03. The number of nitrogens with one attached hydrogen (secondary N) is 1. The molecule has 0 heterocycles. The molecule has 1 rings (SSSR count). The zero-order valence-electron chi connectivity index (χ0n) is 10.9. The molecule has 0 aromatic heterocycles. The second-order valence-electron chi connectivity index (χ2n) is 4.53. The SMILES string of the molecule is CC(C)CCNCCOc1ccc([N+](=O)[O-])cc1. The molecule has 100 valence electrons. The fourth-order valence-corrected chi connectivity index (χ4v) is 1.42. The second-order valence-corrected chi connectivity index (χ2v) is 4.53. The minimum atomic E-state index is -0.419. The summed E-state index contributed by atoms with van der Waals surface area (Å²) in [4.78, 5) is 10.0. The van der Waals surface area contributed by atoms with E-state index in [1.54, 1.807) is 12.1 Å². The maximum absolute atomic E-state index is 10.5. The number of non-ortho nitro benzene ring substituents is 1. The lowest BCUT2D eigenvalue weighted by molar-refractivity contribution is -0.384. The number of nitro benzene ring substituents is 1. The molecule has 5 heteroatoms. The van der Waals surface area contributed by atoms with Crippen LogP contribution < -0.4 is 10.1 Å². The molecule has 0 unspecified atom stereocenters. The molecule has 18 heavy (non-hydrogen) atoms. The average molecular weight is 252 g/mol. The van der Waals surface area contributed by atoms with Crippen molar-refractivity contribution >= 4 is 5.69 Å². The van der Waals surface area contributed by atoms with Gasteiger partial charge in [-0.1, -0.05) is 13.8 Å². The van der Waals surface area contributed by atoms with Crippen molar-refractivity contribution in [3.63, 3.8) is 0 Å². The van der Waals surface area contributed by atoms with Crippen LogP contribution in [0.15, 0.2) is 24.3 Å². The van der Waals surface area contributed by atoms with Gasteiger partial charge in [-0.05, 0) is 31.0 Å². The van der Waals surface area contributed by atoms with Crippen molar-refractivity contribution in [2.45, 2.75) is 20.3 Å². The van der Waals surface area contributed by atoms with Crippen molar-refractivity contribution in [3.05, 3.63) is 34.4 Å². The van der Waals surface area contributed by atoms with E-state index in [2.05, 4.69) is 19.2 Å². The summed E-state index contributed by atoms with van der Waals surface area (Å²) in [5, 5.41) is 13.7. The topological polar surface area (TPSA) is 64.4 Å². The number of hydrogen-bond acceptors (Lipinski definition) is 4. The normalized spacial score (nSPS) is 10.6. The Balaban J connectivity index is 2.17. The van der Waals surface area contributed by atoms with E-state index in [4.69, 9.17) is 4.74 Å². The van der Waals surface area contributed by atoms with Crippen molar-refractivity contribution in [1.29, 1.82) is 0 Å². The van der Waals surface area contributed by atoms with E-state index in [1.807, 2.05) is 0 Å². The van der Waals surface area contributed by atoms with Crippen LogP contribution in [-0.2, 0) is 0 Å². The fraction of sp³-hybridized carbons (Fsp3) is 0.538. The molecule has 1 N–H and O–H groups in total. The maximum Gasteiger partial charge on any atom is 0.269 e. The van der Waals surface area contributed by atoms with Crippen LogP contribution >= 0.6 is 0 Å². The summed E-state index contributed by atoms with van der Waals surface area (Å²) in [5.74, 6) is 1.36. The molecule has 0 aliphatic rings. The highest BCUT2D eigenvalue weighted by atomic mass is 16.6. The van der Waals surface area contributed by atoms with Crippen molar-refractivity contribution < 1.29 is 9.66 Å². The number of nitrogens with zero attached hydrogens (tertiary/aromatic N) is 1. The first-order valence-electron chi connectivity index (χ1n) is 6.17. The van der Waals surface area contributed by atoms with Crippen molar-refractivity contribution in [2.24, 2.45) is 5.92 Å². The van der Waals surface area contributed by atoms with Crippen molar-refractivity contribution in [3.8, 4) is 5.75 Å². The summed E-state index contributed by atoms with van der Waals surface area (Å²) < 4.78 is 5.46. The van der Waals surface area contributed by atoms with Crippen LogP contribution in [0.25, 0.3) is 0 Å². The summed E-state index contributed by atoms with van der Waals surface area (Å²) in [6, 6.07) is 6.13. The number of hydrogen-bond donors (Lipinski definition) is 1. The Labute approximate surface area is 107 Å². The van der Waals surface area contributed by atoms with E-state index in [1.165, 1.54) is 12.1 Å². The zero-order chi connectivity index (χ0) is 13.4. The minimum Gasteiger partial charge on any atom is -0.492 e. The standard InChI is InChI=1S/C13H20N2O3/c1-11(2)7-8-14-9-10-18-13-5-3-12(4-6-13)15(16)17/h3-6,11,14H,7-10H2,1-2H3. The Morgan fingerprint density at radius 3 is 2.50 bits per heavy atom. The summed E-state index contributed by atoms with van der Waals surface area (Å²) >= 11 is 0. The third kappa shape index (κ3) is 5.63. The van der Waals surface area contributed by atoms with E-state index in [9.17, 15) is 10.1 Å². The van der Waals surface area contributed by atoms with E-state index in [0.717, 1.165) is 19.5 Å². The van der Waals surface area contributed by atoms with Gasteiger partial charge in [-0.3, -0.25) is 10.1 Å². The fourth-order valence-electron chi connectivity index (χ4n) is 1.42. The Kier molecular flexibility index (Phi) is 6.14. The number of ether oxygens (including phenoxy) is 1. The molecule has 0 bridgehead atoms. The molecular formula is C13H20N2O3. The van der Waals surface area contributed by atoms with Gasteiger partial charge in [0, 0.05) is 18.7 Å². The third-order valence-corrected chi connectivity index (χ3v) is 2.49. The van der Waals surface area contributed by atoms with Crippen LogP contribution in [0.3, 0.4) is 0 Å². The molecule has 0 fully saturated rings. The highest BCUT2D eigenvalue weighted by Crippen LogP contribution is 2.16. The molecule has 1 aromatic rings. The number of rotatable bonds is 8. The van der Waals surface area contributed by atoms with Crippen molar-refractivity contribution in [1.82, 2.24) is 5.32 Å². The predicted octanol–water partition coefficient (Wildman–Crippen LogP) is 2.61. The van der Waals surface area contributed by atoms with E-state index < -0.39 is 4.92 Å². The monoisotopic (exact) mass is 252 g/mol. The van der Waals surface area contributed by atoms with Gasteiger partial charge in [0.05, 0.1) is 4.92 Å². The Hall–Kier alpha value is -1.62. The van der Waals surface area contributed by atoms with Crippen molar-refractivity contribution in [2.75, 3.05) is 19.7 Å². The molecule has 0 aliphatic heterocycles. The average Bonchev–Trinajstić information content (AvgIpc) is 2.34. The Morgan fingerprint density at radius 2 is 1.94 bits per heavy atom. The lowest BCUT2D eigenvalue weighted by Gasteiger charge is -2.08. The van der Waals surface area contributed by atoms with E-state index >= 15 is 0 Å². The quantitative estimate of drug-likeness (QED) is 0.439. The van der Waals surface area contributed by atoms with Crippen LogP contribution in [0.4, 0.5) is 5.69 Å². The Morgan fingerprint density at radius 1 is 1.28 bits per heavy atom. The first kappa shape index (κ1) is 14.4. The third-order valence-electron chi connectivity index (χ3n) is 2.49. The van der Waals surface area contributed by atoms with Gasteiger partial charge in [-0.15, -0.1) is 0 Å². The lowest BCUT2D eigenvalue weighted by Crippen LogP contribution is -2.22. The molecule has 0 saturated heterocycles. The summed E-state index contributed by atoms with van der Waals surface area (Å²) in [6.45, 7) is 6.71. The number of benzene rings is 1.